The maximum Gasteiger partial charge on any atom is 0.333 e. The van der Waals surface area contributed by atoms with Crippen LogP contribution in [0.1, 0.15) is 153 Å². The number of esters is 1. The lowest BCUT2D eigenvalue weighted by Gasteiger charge is -2.41. The van der Waals surface area contributed by atoms with Crippen molar-refractivity contribution in [2.45, 2.75) is 168 Å². The van der Waals surface area contributed by atoms with Gasteiger partial charge in [-0.25, -0.2) is 4.79 Å². The molecule has 4 rings (SSSR count). The van der Waals surface area contributed by atoms with Crippen LogP contribution in [-0.4, -0.2) is 25.8 Å². The van der Waals surface area contributed by atoms with E-state index in [1.54, 1.807) is 6.92 Å². The summed E-state index contributed by atoms with van der Waals surface area (Å²) in [5, 5.41) is 10.6. The zero-order valence-electron chi connectivity index (χ0n) is 29.7. The number of ether oxygens (including phenoxy) is 1. The van der Waals surface area contributed by atoms with Gasteiger partial charge in [-0.05, 0) is 124 Å². The van der Waals surface area contributed by atoms with E-state index in [1.807, 2.05) is 0 Å². The minimum atomic E-state index is -1.70. The minimum absolute atomic E-state index is 0.280. The van der Waals surface area contributed by atoms with Crippen molar-refractivity contribution in [2.75, 3.05) is 6.61 Å². The number of hydrogen-bond donors (Lipinski definition) is 1. The normalized spacial score (nSPS) is 27.7. The van der Waals surface area contributed by atoms with Crippen molar-refractivity contribution < 1.29 is 14.6 Å². The van der Waals surface area contributed by atoms with Crippen LogP contribution >= 0.6 is 0 Å². The lowest BCUT2D eigenvalue weighted by molar-refractivity contribution is -0.140. The van der Waals surface area contributed by atoms with Crippen LogP contribution in [0.2, 0.25) is 19.1 Å². The summed E-state index contributed by atoms with van der Waals surface area (Å²) in [4.78, 5) is 12.3. The molecule has 45 heavy (non-hydrogen) atoms. The van der Waals surface area contributed by atoms with E-state index in [0.717, 1.165) is 48.9 Å². The molecule has 3 fully saturated rings. The van der Waals surface area contributed by atoms with Crippen LogP contribution in [0.5, 0.6) is 0 Å². The highest BCUT2D eigenvalue weighted by Gasteiger charge is 2.35. The predicted octanol–water partition coefficient (Wildman–Crippen LogP) is 10.9. The first-order chi connectivity index (χ1) is 21.7. The minimum Gasteiger partial charge on any atom is -0.457 e. The van der Waals surface area contributed by atoms with E-state index in [1.165, 1.54) is 125 Å². The summed E-state index contributed by atoms with van der Waals surface area (Å²) in [6.07, 6.45) is 26.3. The van der Waals surface area contributed by atoms with Crippen molar-refractivity contribution in [1.29, 1.82) is 0 Å². The highest BCUT2D eigenvalue weighted by molar-refractivity contribution is 6.90. The summed E-state index contributed by atoms with van der Waals surface area (Å²) >= 11 is 0. The van der Waals surface area contributed by atoms with Crippen LogP contribution in [0.15, 0.2) is 30.4 Å². The number of rotatable bonds is 16. The van der Waals surface area contributed by atoms with E-state index in [9.17, 15) is 9.90 Å². The maximum absolute atomic E-state index is 12.3. The summed E-state index contributed by atoms with van der Waals surface area (Å²) in [5.41, 5.74) is 3.14. The fourth-order valence-corrected chi connectivity index (χ4v) is 12.5. The fourth-order valence-electron chi connectivity index (χ4n) is 9.55. The Balaban J connectivity index is 1.28. The molecular formula is C41H68O3Si. The molecule has 1 N–H and O–H groups in total. The predicted molar refractivity (Wildman–Crippen MR) is 194 cm³/mol. The lowest BCUT2D eigenvalue weighted by atomic mass is 9.64. The number of benzene rings is 1. The molecule has 0 atom stereocenters. The van der Waals surface area contributed by atoms with Gasteiger partial charge in [0.25, 0.3) is 0 Å². The Morgan fingerprint density at radius 1 is 0.822 bits per heavy atom. The van der Waals surface area contributed by atoms with Gasteiger partial charge in [-0.15, -0.1) is 0 Å². The van der Waals surface area contributed by atoms with Gasteiger partial charge in [0.2, 0.25) is 0 Å². The van der Waals surface area contributed by atoms with Gasteiger partial charge in [0.15, 0.2) is 0 Å². The van der Waals surface area contributed by atoms with Crippen LogP contribution in [0, 0.1) is 29.6 Å². The molecule has 0 saturated heterocycles. The van der Waals surface area contributed by atoms with E-state index in [2.05, 4.69) is 44.8 Å². The average molecular weight is 637 g/mol. The molecule has 0 aromatic heterocycles. The van der Waals surface area contributed by atoms with Crippen molar-refractivity contribution in [3.05, 3.63) is 41.5 Å². The Bertz CT molecular complexity index is 1040. The smallest absolute Gasteiger partial charge is 0.333 e. The third-order valence-electron chi connectivity index (χ3n) is 12.5. The molecule has 254 valence electrons. The SMILES string of the molecule is C=C(C)C(=O)OCc1cc(C2CCC(C3CCC(C4CCC(CCCCC)CC4)CC3)CC2)ccc1[Si](C)(C)CCCCCO. The number of unbranched alkanes of at least 4 members (excludes halogenated alkanes) is 4. The second-order valence-electron chi connectivity index (χ2n) is 16.3. The second kappa shape index (κ2) is 18.2. The zero-order valence-corrected chi connectivity index (χ0v) is 30.7. The molecule has 3 nitrogen and oxygen atoms in total. The molecule has 0 bridgehead atoms. The van der Waals surface area contributed by atoms with Gasteiger partial charge < -0.3 is 9.84 Å². The standard InChI is InChI=1S/C41H68O3Si/c1-6-7-9-12-32-13-15-33(16-14-32)34-17-19-35(20-18-34)36-21-23-37(24-22-36)38-25-26-40(45(4,5)28-11-8-10-27-42)39(29-38)30-44-41(43)31(2)3/h25-26,29,32-37,42H,2,6-24,27-28,30H2,1,3-5H3. The van der Waals surface area contributed by atoms with Crippen molar-refractivity contribution in [3.8, 4) is 0 Å². The van der Waals surface area contributed by atoms with Crippen LogP contribution < -0.4 is 5.19 Å². The third-order valence-corrected chi connectivity index (χ3v) is 16.1. The number of hydrogen-bond acceptors (Lipinski definition) is 3. The zero-order chi connectivity index (χ0) is 32.2. The van der Waals surface area contributed by atoms with Crippen LogP contribution in [0.25, 0.3) is 0 Å². The van der Waals surface area contributed by atoms with Crippen LogP contribution in [-0.2, 0) is 16.1 Å². The molecule has 0 amide bonds. The number of aliphatic hydroxyl groups excluding tert-OH is 1. The quantitative estimate of drug-likeness (QED) is 0.0850. The monoisotopic (exact) mass is 636 g/mol. The summed E-state index contributed by atoms with van der Waals surface area (Å²) in [6, 6.07) is 8.40. The summed E-state index contributed by atoms with van der Waals surface area (Å²) in [7, 11) is -1.70. The van der Waals surface area contributed by atoms with Gasteiger partial charge in [-0.3, -0.25) is 0 Å². The number of carbonyl (C=O) groups excluding carboxylic acids is 1. The Hall–Kier alpha value is -1.39. The average Bonchev–Trinajstić information content (AvgIpc) is 3.06. The third kappa shape index (κ3) is 10.8. The van der Waals surface area contributed by atoms with E-state index in [0.29, 0.717) is 18.1 Å². The van der Waals surface area contributed by atoms with Crippen molar-refractivity contribution >= 4 is 19.2 Å². The van der Waals surface area contributed by atoms with Crippen molar-refractivity contribution in [3.63, 3.8) is 0 Å². The van der Waals surface area contributed by atoms with E-state index < -0.39 is 8.07 Å². The Morgan fingerprint density at radius 3 is 1.96 bits per heavy atom. The van der Waals surface area contributed by atoms with Gasteiger partial charge in [0, 0.05) is 12.2 Å². The van der Waals surface area contributed by atoms with E-state index >= 15 is 0 Å². The van der Waals surface area contributed by atoms with Gasteiger partial charge >= 0.3 is 5.97 Å². The molecule has 0 spiro atoms. The molecule has 0 unspecified atom stereocenters. The molecule has 3 saturated carbocycles. The summed E-state index contributed by atoms with van der Waals surface area (Å²) in [6.45, 7) is 13.4. The molecule has 3 aliphatic rings. The van der Waals surface area contributed by atoms with E-state index in [4.69, 9.17) is 4.74 Å². The first kappa shape index (κ1) is 36.4. The van der Waals surface area contributed by atoms with E-state index in [-0.39, 0.29) is 12.6 Å². The topological polar surface area (TPSA) is 46.5 Å². The Labute approximate surface area is 278 Å². The first-order valence-electron chi connectivity index (χ1n) is 19.3. The largest absolute Gasteiger partial charge is 0.457 e. The maximum atomic E-state index is 12.3. The van der Waals surface area contributed by atoms with Gasteiger partial charge in [-0.1, -0.05) is 107 Å². The molecule has 1 aromatic rings. The molecular weight excluding hydrogens is 569 g/mol. The highest BCUT2D eigenvalue weighted by atomic mass is 28.3. The molecule has 3 aliphatic carbocycles. The van der Waals surface area contributed by atoms with Gasteiger partial charge in [0.1, 0.15) is 6.61 Å². The summed E-state index contributed by atoms with van der Waals surface area (Å²) < 4.78 is 5.74. The molecule has 0 heterocycles. The molecule has 1 aromatic carbocycles. The van der Waals surface area contributed by atoms with Crippen molar-refractivity contribution in [1.82, 2.24) is 0 Å². The Morgan fingerprint density at radius 2 is 1.40 bits per heavy atom. The highest BCUT2D eigenvalue weighted by Crippen LogP contribution is 2.47. The van der Waals surface area contributed by atoms with Gasteiger partial charge in [-0.2, -0.15) is 0 Å². The fraction of sp³-hybridized carbons (Fsp3) is 0.780. The Kier molecular flexibility index (Phi) is 14.8. The lowest BCUT2D eigenvalue weighted by Crippen LogP contribution is -2.43. The molecule has 0 radical (unpaired) electrons. The van der Waals surface area contributed by atoms with Crippen molar-refractivity contribution in [2.24, 2.45) is 29.6 Å². The number of carbonyl (C=O) groups is 1. The number of aliphatic hydroxyl groups is 1. The summed E-state index contributed by atoms with van der Waals surface area (Å²) in [5.74, 6) is 5.32. The van der Waals surface area contributed by atoms with Crippen LogP contribution in [0.4, 0.5) is 0 Å². The van der Waals surface area contributed by atoms with Gasteiger partial charge in [0.05, 0.1) is 8.07 Å². The van der Waals surface area contributed by atoms with Crippen LogP contribution in [0.3, 0.4) is 0 Å². The molecule has 0 aliphatic heterocycles. The molecule has 4 heteroatoms. The first-order valence-corrected chi connectivity index (χ1v) is 22.5. The second-order valence-corrected chi connectivity index (χ2v) is 21.1.